The summed E-state index contributed by atoms with van der Waals surface area (Å²) < 4.78 is 23.8. The van der Waals surface area contributed by atoms with Crippen molar-refractivity contribution < 1.29 is 18.3 Å². The molecular weight excluding hydrogens is 217 g/mol. The van der Waals surface area contributed by atoms with E-state index in [0.29, 0.717) is 5.52 Å². The molecule has 1 aromatic heterocycles. The van der Waals surface area contributed by atoms with Gasteiger partial charge in [0.05, 0.1) is 12.6 Å². The van der Waals surface area contributed by atoms with E-state index in [1.54, 1.807) is 0 Å². The second-order valence-corrected chi connectivity index (χ2v) is 3.19. The number of nitrogens with zero attached hydrogens (tertiary/aromatic N) is 1. The molecule has 16 heavy (non-hydrogen) atoms. The summed E-state index contributed by atoms with van der Waals surface area (Å²) in [7, 11) is 2.59. The van der Waals surface area contributed by atoms with Crippen LogP contribution in [0.3, 0.4) is 0 Å². The Kier molecular flexibility index (Phi) is 2.26. The summed E-state index contributed by atoms with van der Waals surface area (Å²) >= 11 is 0. The summed E-state index contributed by atoms with van der Waals surface area (Å²) in [5.41, 5.74) is -0.121. The Morgan fingerprint density at radius 2 is 2.19 bits per heavy atom. The molecule has 0 saturated carbocycles. The molecule has 1 heterocycles. The van der Waals surface area contributed by atoms with Crippen molar-refractivity contribution in [3.8, 4) is 0 Å². The molecule has 0 N–H and O–H groups in total. The minimum Gasteiger partial charge on any atom is -0.465 e. The number of halogens is 1. The molecule has 0 amide bonds. The lowest BCUT2D eigenvalue weighted by Gasteiger charge is -2.01. The number of aromatic nitrogens is 1. The molecular formula is C10H8FNO4. The third kappa shape index (κ3) is 1.30. The van der Waals surface area contributed by atoms with Gasteiger partial charge in [-0.15, -0.1) is 0 Å². The molecule has 0 aliphatic rings. The van der Waals surface area contributed by atoms with E-state index in [1.165, 1.54) is 17.7 Å². The highest BCUT2D eigenvalue weighted by molar-refractivity contribution is 6.01. The van der Waals surface area contributed by atoms with Crippen molar-refractivity contribution in [2.75, 3.05) is 7.11 Å². The minimum absolute atomic E-state index is 0.0978. The summed E-state index contributed by atoms with van der Waals surface area (Å²) in [6.07, 6.45) is 0. The zero-order valence-electron chi connectivity index (χ0n) is 8.61. The van der Waals surface area contributed by atoms with Gasteiger partial charge in [-0.1, -0.05) is 0 Å². The summed E-state index contributed by atoms with van der Waals surface area (Å²) in [5.74, 6) is -2.32. The Hall–Kier alpha value is -2.11. The maximum atomic E-state index is 13.4. The predicted octanol–water partition coefficient (Wildman–Crippen LogP) is 1.06. The number of oxazole rings is 1. The van der Waals surface area contributed by atoms with Gasteiger partial charge in [-0.2, -0.15) is 0 Å². The molecule has 2 aromatic rings. The number of methoxy groups -OCH3 is 1. The maximum Gasteiger partial charge on any atom is 0.419 e. The van der Waals surface area contributed by atoms with Crippen LogP contribution in [0.4, 0.5) is 4.39 Å². The van der Waals surface area contributed by atoms with E-state index in [9.17, 15) is 14.0 Å². The molecule has 2 rings (SSSR count). The first-order valence-electron chi connectivity index (χ1n) is 4.42. The molecule has 0 saturated heterocycles. The average Bonchev–Trinajstić information content (AvgIpc) is 2.54. The number of rotatable bonds is 1. The van der Waals surface area contributed by atoms with Crippen molar-refractivity contribution in [3.05, 3.63) is 34.1 Å². The van der Waals surface area contributed by atoms with Crippen LogP contribution in [0.25, 0.3) is 11.1 Å². The van der Waals surface area contributed by atoms with Crippen molar-refractivity contribution in [2.45, 2.75) is 0 Å². The number of carbonyl (C=O) groups is 1. The van der Waals surface area contributed by atoms with E-state index in [0.717, 1.165) is 13.2 Å². The van der Waals surface area contributed by atoms with Crippen LogP contribution in [0, 0.1) is 5.82 Å². The largest absolute Gasteiger partial charge is 0.465 e. The third-order valence-corrected chi connectivity index (χ3v) is 2.30. The molecule has 0 aliphatic heterocycles. The molecule has 0 atom stereocenters. The maximum absolute atomic E-state index is 13.4. The van der Waals surface area contributed by atoms with Crippen molar-refractivity contribution in [2.24, 2.45) is 7.05 Å². The molecule has 6 heteroatoms. The van der Waals surface area contributed by atoms with Crippen molar-refractivity contribution in [3.63, 3.8) is 0 Å². The zero-order chi connectivity index (χ0) is 11.9. The van der Waals surface area contributed by atoms with Crippen LogP contribution < -0.4 is 5.76 Å². The van der Waals surface area contributed by atoms with Gasteiger partial charge in [0.15, 0.2) is 5.58 Å². The lowest BCUT2D eigenvalue weighted by atomic mass is 10.2. The SMILES string of the molecule is COC(=O)c1c(F)ccc2c1oc(=O)n2C. The standard InChI is InChI=1S/C10H8FNO4/c1-12-6-4-3-5(11)7(9(13)15-2)8(6)16-10(12)14/h3-4H,1-2H3. The topological polar surface area (TPSA) is 61.4 Å². The van der Waals surface area contributed by atoms with Gasteiger partial charge in [0.25, 0.3) is 0 Å². The summed E-state index contributed by atoms with van der Waals surface area (Å²) in [6, 6.07) is 2.45. The quantitative estimate of drug-likeness (QED) is 0.681. The van der Waals surface area contributed by atoms with E-state index >= 15 is 0 Å². The highest BCUT2D eigenvalue weighted by atomic mass is 19.1. The smallest absolute Gasteiger partial charge is 0.419 e. The number of fused-ring (bicyclic) bond motifs is 1. The number of aryl methyl sites for hydroxylation is 1. The Morgan fingerprint density at radius 1 is 1.50 bits per heavy atom. The van der Waals surface area contributed by atoms with Crippen LogP contribution in [0.2, 0.25) is 0 Å². The van der Waals surface area contributed by atoms with Gasteiger partial charge in [0.2, 0.25) is 0 Å². The monoisotopic (exact) mass is 225 g/mol. The van der Waals surface area contributed by atoms with Crippen LogP contribution in [0.15, 0.2) is 21.3 Å². The summed E-state index contributed by atoms with van der Waals surface area (Å²) in [6.45, 7) is 0. The summed E-state index contributed by atoms with van der Waals surface area (Å²) in [5, 5.41) is 0. The van der Waals surface area contributed by atoms with E-state index in [2.05, 4.69) is 4.74 Å². The third-order valence-electron chi connectivity index (χ3n) is 2.30. The number of carbonyl (C=O) groups excluding carboxylic acids is 1. The van der Waals surface area contributed by atoms with E-state index in [4.69, 9.17) is 4.42 Å². The van der Waals surface area contributed by atoms with E-state index < -0.39 is 17.5 Å². The van der Waals surface area contributed by atoms with Gasteiger partial charge in [0.1, 0.15) is 11.4 Å². The molecule has 0 spiro atoms. The molecule has 0 aliphatic carbocycles. The first-order valence-corrected chi connectivity index (χ1v) is 4.42. The Labute approximate surface area is 89.0 Å². The van der Waals surface area contributed by atoms with Crippen LogP contribution >= 0.6 is 0 Å². The first kappa shape index (κ1) is 10.4. The number of benzene rings is 1. The number of esters is 1. The van der Waals surface area contributed by atoms with Gasteiger partial charge in [-0.05, 0) is 12.1 Å². The molecule has 0 radical (unpaired) electrons. The summed E-state index contributed by atoms with van der Waals surface area (Å²) in [4.78, 5) is 22.6. The number of ether oxygens (including phenoxy) is 1. The number of hydrogen-bond acceptors (Lipinski definition) is 4. The molecule has 84 valence electrons. The van der Waals surface area contributed by atoms with Gasteiger partial charge in [-0.3, -0.25) is 4.57 Å². The van der Waals surface area contributed by atoms with Crippen molar-refractivity contribution >= 4 is 17.1 Å². The second-order valence-electron chi connectivity index (χ2n) is 3.19. The number of hydrogen-bond donors (Lipinski definition) is 0. The minimum atomic E-state index is -0.877. The van der Waals surface area contributed by atoms with Crippen LogP contribution in [0.5, 0.6) is 0 Å². The molecule has 5 nitrogen and oxygen atoms in total. The van der Waals surface area contributed by atoms with E-state index in [1.807, 2.05) is 0 Å². The highest BCUT2D eigenvalue weighted by Gasteiger charge is 2.21. The van der Waals surface area contributed by atoms with E-state index in [-0.39, 0.29) is 11.1 Å². The molecule has 0 bridgehead atoms. The lowest BCUT2D eigenvalue weighted by molar-refractivity contribution is 0.0596. The average molecular weight is 225 g/mol. The fraction of sp³-hybridized carbons (Fsp3) is 0.200. The molecule has 0 fully saturated rings. The fourth-order valence-corrected chi connectivity index (χ4v) is 1.46. The second kappa shape index (κ2) is 3.48. The van der Waals surface area contributed by atoms with Gasteiger partial charge in [0, 0.05) is 7.05 Å². The Balaban J connectivity index is 2.90. The fourth-order valence-electron chi connectivity index (χ4n) is 1.46. The van der Waals surface area contributed by atoms with Crippen molar-refractivity contribution in [1.29, 1.82) is 0 Å². The van der Waals surface area contributed by atoms with Gasteiger partial charge in [-0.25, -0.2) is 14.0 Å². The van der Waals surface area contributed by atoms with Crippen molar-refractivity contribution in [1.82, 2.24) is 4.57 Å². The molecule has 1 aromatic carbocycles. The lowest BCUT2D eigenvalue weighted by Crippen LogP contribution is -2.08. The first-order chi connectivity index (χ1) is 7.56. The van der Waals surface area contributed by atoms with Crippen LogP contribution in [0.1, 0.15) is 10.4 Å². The van der Waals surface area contributed by atoms with Crippen LogP contribution in [-0.4, -0.2) is 17.6 Å². The Morgan fingerprint density at radius 3 is 2.81 bits per heavy atom. The van der Waals surface area contributed by atoms with Gasteiger partial charge >= 0.3 is 11.7 Å². The normalized spacial score (nSPS) is 10.7. The zero-order valence-corrected chi connectivity index (χ0v) is 8.61. The van der Waals surface area contributed by atoms with Crippen LogP contribution in [-0.2, 0) is 11.8 Å². The molecule has 0 unspecified atom stereocenters. The predicted molar refractivity (Wildman–Crippen MR) is 52.8 cm³/mol. The Bertz CT molecular complexity index is 626. The van der Waals surface area contributed by atoms with Gasteiger partial charge < -0.3 is 9.15 Å². The highest BCUT2D eigenvalue weighted by Crippen LogP contribution is 2.21.